The van der Waals surface area contributed by atoms with Gasteiger partial charge in [0, 0.05) is 30.8 Å². The molecule has 1 aliphatic heterocycles. The lowest BCUT2D eigenvalue weighted by Gasteiger charge is -2.27. The summed E-state index contributed by atoms with van der Waals surface area (Å²) in [5, 5.41) is 15.3. The lowest BCUT2D eigenvalue weighted by molar-refractivity contribution is -0.385. The van der Waals surface area contributed by atoms with Gasteiger partial charge < -0.3 is 0 Å². The summed E-state index contributed by atoms with van der Waals surface area (Å²) in [5.74, 6) is -1.10. The number of likely N-dealkylation sites (tertiary alicyclic amines) is 1. The molecule has 0 amide bonds. The van der Waals surface area contributed by atoms with Gasteiger partial charge in [0.05, 0.1) is 17.0 Å². The fourth-order valence-corrected chi connectivity index (χ4v) is 3.80. The van der Waals surface area contributed by atoms with E-state index in [1.165, 1.54) is 6.33 Å². The second-order valence-corrected chi connectivity index (χ2v) is 6.57. The van der Waals surface area contributed by atoms with E-state index >= 15 is 4.39 Å². The van der Waals surface area contributed by atoms with Crippen LogP contribution in [0.4, 0.5) is 14.5 Å². The van der Waals surface area contributed by atoms with Gasteiger partial charge in [-0.3, -0.25) is 19.7 Å². The van der Waals surface area contributed by atoms with Gasteiger partial charge in [0.1, 0.15) is 24.3 Å². The van der Waals surface area contributed by atoms with E-state index in [1.54, 1.807) is 17.1 Å². The van der Waals surface area contributed by atoms with Crippen LogP contribution in [0.15, 0.2) is 48.3 Å². The lowest BCUT2D eigenvalue weighted by Crippen LogP contribution is -2.34. The Hall–Kier alpha value is -2.94. The summed E-state index contributed by atoms with van der Waals surface area (Å²) in [7, 11) is 0. The van der Waals surface area contributed by atoms with Gasteiger partial charge in [-0.2, -0.15) is 5.10 Å². The highest BCUT2D eigenvalue weighted by molar-refractivity contribution is 5.84. The fourth-order valence-electron chi connectivity index (χ4n) is 3.80. The highest BCUT2D eigenvalue weighted by Crippen LogP contribution is 2.42. The molecule has 4 rings (SSSR count). The van der Waals surface area contributed by atoms with Gasteiger partial charge in [-0.05, 0) is 30.5 Å². The van der Waals surface area contributed by atoms with Crippen molar-refractivity contribution in [3.8, 4) is 0 Å². The summed E-state index contributed by atoms with van der Waals surface area (Å²) >= 11 is 0. The molecule has 1 aliphatic carbocycles. The third kappa shape index (κ3) is 3.25. The van der Waals surface area contributed by atoms with Crippen LogP contribution in [0.3, 0.4) is 0 Å². The minimum Gasteiger partial charge on any atom is -0.294 e. The van der Waals surface area contributed by atoms with Gasteiger partial charge in [0.15, 0.2) is 0 Å². The maximum atomic E-state index is 15.2. The van der Waals surface area contributed by atoms with Crippen LogP contribution in [0.2, 0.25) is 0 Å². The molecule has 0 spiro atoms. The number of rotatable bonds is 5. The maximum absolute atomic E-state index is 15.2. The number of nitro benzene ring substituents is 1. The molecular weight excluding hydrogens is 356 g/mol. The molecule has 2 aliphatic rings. The predicted molar refractivity (Wildman–Crippen MR) is 93.8 cm³/mol. The predicted octanol–water partition coefficient (Wildman–Crippen LogP) is 3.11. The fraction of sp³-hybridized carbons (Fsp3) is 0.333. The van der Waals surface area contributed by atoms with Crippen LogP contribution in [-0.4, -0.2) is 43.7 Å². The van der Waals surface area contributed by atoms with Crippen molar-refractivity contribution >= 4 is 11.3 Å². The largest absolute Gasteiger partial charge is 0.294 e. The van der Waals surface area contributed by atoms with Crippen molar-refractivity contribution in [3.05, 3.63) is 69.8 Å². The van der Waals surface area contributed by atoms with Crippen molar-refractivity contribution < 1.29 is 13.7 Å². The van der Waals surface area contributed by atoms with Crippen LogP contribution < -0.4 is 0 Å². The van der Waals surface area contributed by atoms with Crippen LogP contribution in [0.5, 0.6) is 0 Å². The van der Waals surface area contributed by atoms with E-state index in [0.29, 0.717) is 38.0 Å². The maximum Gasteiger partial charge on any atom is 0.277 e. The first-order valence-electron chi connectivity index (χ1n) is 8.64. The molecule has 0 saturated carbocycles. The number of benzene rings is 1. The van der Waals surface area contributed by atoms with Crippen LogP contribution in [0, 0.1) is 15.9 Å². The van der Waals surface area contributed by atoms with Gasteiger partial charge in [0.25, 0.3) is 5.69 Å². The van der Waals surface area contributed by atoms with E-state index in [0.717, 1.165) is 18.2 Å². The monoisotopic (exact) mass is 373 g/mol. The van der Waals surface area contributed by atoms with Crippen molar-refractivity contribution in [2.24, 2.45) is 0 Å². The lowest BCUT2D eigenvalue weighted by atomic mass is 9.89. The standard InChI is InChI=1S/C18H17F2N5O2/c19-12-1-3-17(25(26)27)15(9-12)13-2-4-16-14(18(13)20)5-6-23(16)7-8-24-11-21-10-22-24/h1-3,9-11,16H,4-8H2. The molecule has 2 heterocycles. The van der Waals surface area contributed by atoms with Crippen molar-refractivity contribution in [1.82, 2.24) is 19.7 Å². The molecule has 1 fully saturated rings. The number of halogens is 2. The Balaban J connectivity index is 1.58. The van der Waals surface area contributed by atoms with E-state index in [-0.39, 0.29) is 22.9 Å². The van der Waals surface area contributed by atoms with Gasteiger partial charge in [-0.1, -0.05) is 6.08 Å². The summed E-state index contributed by atoms with van der Waals surface area (Å²) in [5.41, 5.74) is 0.442. The molecule has 140 valence electrons. The Morgan fingerprint density at radius 3 is 2.89 bits per heavy atom. The Kier molecular flexibility index (Phi) is 4.53. The third-order valence-corrected chi connectivity index (χ3v) is 5.10. The molecule has 1 aromatic heterocycles. The first-order chi connectivity index (χ1) is 13.0. The zero-order chi connectivity index (χ0) is 19.0. The summed E-state index contributed by atoms with van der Waals surface area (Å²) in [6.45, 7) is 2.06. The Morgan fingerprint density at radius 1 is 1.30 bits per heavy atom. The number of hydrogen-bond donors (Lipinski definition) is 0. The number of allylic oxidation sites excluding steroid dienone is 2. The molecule has 7 nitrogen and oxygen atoms in total. The first kappa shape index (κ1) is 17.5. The number of fused-ring (bicyclic) bond motifs is 1. The SMILES string of the molecule is O=[N+]([O-])c1ccc(F)cc1C1=CCC2C(=C1F)CCN2CCn1cncn1. The van der Waals surface area contributed by atoms with Crippen molar-refractivity contribution in [2.45, 2.75) is 25.4 Å². The minimum absolute atomic E-state index is 0.00971. The van der Waals surface area contributed by atoms with E-state index in [4.69, 9.17) is 0 Å². The summed E-state index contributed by atoms with van der Waals surface area (Å²) in [4.78, 5) is 16.7. The van der Waals surface area contributed by atoms with Gasteiger partial charge in [0.2, 0.25) is 0 Å². The zero-order valence-corrected chi connectivity index (χ0v) is 14.4. The summed E-state index contributed by atoms with van der Waals surface area (Å²) in [6.07, 6.45) is 5.82. The molecule has 27 heavy (non-hydrogen) atoms. The van der Waals surface area contributed by atoms with Gasteiger partial charge in [-0.25, -0.2) is 13.8 Å². The van der Waals surface area contributed by atoms with Crippen molar-refractivity contribution in [1.29, 1.82) is 0 Å². The van der Waals surface area contributed by atoms with Crippen molar-refractivity contribution in [2.75, 3.05) is 13.1 Å². The molecule has 1 atom stereocenters. The van der Waals surface area contributed by atoms with Gasteiger partial charge in [-0.15, -0.1) is 0 Å². The second kappa shape index (κ2) is 6.99. The van der Waals surface area contributed by atoms with Crippen LogP contribution in [-0.2, 0) is 6.54 Å². The Labute approximate surface area is 153 Å². The number of aromatic nitrogens is 3. The average Bonchev–Trinajstić information content (AvgIpc) is 3.30. The second-order valence-electron chi connectivity index (χ2n) is 6.57. The molecule has 9 heteroatoms. The average molecular weight is 373 g/mol. The topological polar surface area (TPSA) is 77.1 Å². The minimum atomic E-state index is -0.627. The Bertz CT molecular complexity index is 939. The van der Waals surface area contributed by atoms with E-state index in [9.17, 15) is 14.5 Å². The third-order valence-electron chi connectivity index (χ3n) is 5.10. The molecule has 1 saturated heterocycles. The number of hydrogen-bond acceptors (Lipinski definition) is 5. The molecule has 2 aromatic rings. The van der Waals surface area contributed by atoms with Crippen molar-refractivity contribution in [3.63, 3.8) is 0 Å². The van der Waals surface area contributed by atoms with Crippen LogP contribution in [0.25, 0.3) is 5.57 Å². The molecule has 1 unspecified atom stereocenters. The highest BCUT2D eigenvalue weighted by atomic mass is 19.1. The summed E-state index contributed by atoms with van der Waals surface area (Å²) < 4.78 is 30.5. The van der Waals surface area contributed by atoms with Crippen LogP contribution >= 0.6 is 0 Å². The first-order valence-corrected chi connectivity index (χ1v) is 8.64. The van der Waals surface area contributed by atoms with E-state index in [1.807, 2.05) is 0 Å². The van der Waals surface area contributed by atoms with Gasteiger partial charge >= 0.3 is 0 Å². The zero-order valence-electron chi connectivity index (χ0n) is 14.4. The van der Waals surface area contributed by atoms with E-state index in [2.05, 4.69) is 15.0 Å². The quantitative estimate of drug-likeness (QED) is 0.595. The molecule has 1 aromatic carbocycles. The molecule has 0 N–H and O–H groups in total. The molecular formula is C18H17F2N5O2. The summed E-state index contributed by atoms with van der Waals surface area (Å²) in [6, 6.07) is 3.04. The molecule has 0 bridgehead atoms. The number of nitro groups is 1. The highest BCUT2D eigenvalue weighted by Gasteiger charge is 2.36. The van der Waals surface area contributed by atoms with E-state index < -0.39 is 16.6 Å². The Morgan fingerprint density at radius 2 is 2.15 bits per heavy atom. The van der Waals surface area contributed by atoms with Crippen LogP contribution in [0.1, 0.15) is 18.4 Å². The molecule has 0 radical (unpaired) electrons. The smallest absolute Gasteiger partial charge is 0.277 e. The normalized spacial score (nSPS) is 19.9. The number of nitrogens with zero attached hydrogens (tertiary/aromatic N) is 5.